The second-order valence-electron chi connectivity index (χ2n) is 11.9. The van der Waals surface area contributed by atoms with Crippen molar-refractivity contribution < 1.29 is 28.9 Å². The number of aliphatic hydroxyl groups is 1. The average molecular weight is 520 g/mol. The molecule has 0 saturated heterocycles. The van der Waals surface area contributed by atoms with E-state index in [1.807, 2.05) is 33.8 Å². The highest BCUT2D eigenvalue weighted by atomic mass is 16.6. The van der Waals surface area contributed by atoms with Crippen molar-refractivity contribution in [1.82, 2.24) is 4.90 Å². The molecule has 0 aliphatic carbocycles. The van der Waals surface area contributed by atoms with Gasteiger partial charge in [0.05, 0.1) is 29.8 Å². The van der Waals surface area contributed by atoms with E-state index in [0.717, 1.165) is 32.5 Å². The molecule has 0 bridgehead atoms. The molecule has 7 heteroatoms. The van der Waals surface area contributed by atoms with E-state index >= 15 is 0 Å². The number of carbonyl (C=O) groups excluding carboxylic acids is 2. The molecule has 0 aromatic heterocycles. The zero-order chi connectivity index (χ0) is 27.9. The molecule has 1 aromatic carbocycles. The molecule has 0 amide bonds. The molecule has 1 atom stereocenters. The van der Waals surface area contributed by atoms with Crippen molar-refractivity contribution in [2.45, 2.75) is 67.2 Å². The predicted octanol–water partition coefficient (Wildman–Crippen LogP) is 5.48. The Kier molecular flexibility index (Phi) is 14.5. The summed E-state index contributed by atoms with van der Waals surface area (Å²) in [5.41, 5.74) is -0.456. The van der Waals surface area contributed by atoms with E-state index < -0.39 is 11.4 Å². The van der Waals surface area contributed by atoms with Crippen molar-refractivity contribution in [3.8, 4) is 0 Å². The molecule has 0 spiro atoms. The SMILES string of the molecule is C=C(CCN(CCCCO)CC(C)C)OCC(C)(COC(=O)CC(C)(C)C)COC(=O)c1ccccc1. The maximum atomic E-state index is 12.5. The van der Waals surface area contributed by atoms with Crippen molar-refractivity contribution in [1.29, 1.82) is 0 Å². The molecule has 1 rings (SSSR count). The first-order chi connectivity index (χ1) is 17.3. The van der Waals surface area contributed by atoms with Crippen LogP contribution in [0.15, 0.2) is 42.7 Å². The smallest absolute Gasteiger partial charge is 0.338 e. The molecule has 37 heavy (non-hydrogen) atoms. The zero-order valence-corrected chi connectivity index (χ0v) is 23.9. The van der Waals surface area contributed by atoms with Gasteiger partial charge in [-0.3, -0.25) is 4.79 Å². The molecule has 0 saturated carbocycles. The van der Waals surface area contributed by atoms with E-state index in [0.29, 0.717) is 30.1 Å². The number of nitrogens with zero attached hydrogens (tertiary/aromatic N) is 1. The van der Waals surface area contributed by atoms with Gasteiger partial charge in [0.2, 0.25) is 0 Å². The van der Waals surface area contributed by atoms with Crippen LogP contribution >= 0.6 is 0 Å². The van der Waals surface area contributed by atoms with Crippen LogP contribution in [0.1, 0.15) is 77.6 Å². The van der Waals surface area contributed by atoms with Crippen LogP contribution in [0.2, 0.25) is 0 Å². The Bertz CT molecular complexity index is 817. The number of aliphatic hydroxyl groups excluding tert-OH is 1. The van der Waals surface area contributed by atoms with Gasteiger partial charge < -0.3 is 24.2 Å². The van der Waals surface area contributed by atoms with Crippen LogP contribution in [0.25, 0.3) is 0 Å². The van der Waals surface area contributed by atoms with Gasteiger partial charge in [-0.05, 0) is 49.8 Å². The van der Waals surface area contributed by atoms with E-state index in [4.69, 9.17) is 19.3 Å². The molecule has 0 aliphatic heterocycles. The van der Waals surface area contributed by atoms with E-state index in [1.165, 1.54) is 0 Å². The third kappa shape index (κ3) is 15.5. The highest BCUT2D eigenvalue weighted by molar-refractivity contribution is 5.89. The Labute approximate surface area is 224 Å². The third-order valence-electron chi connectivity index (χ3n) is 5.65. The van der Waals surface area contributed by atoms with E-state index in [9.17, 15) is 9.59 Å². The first kappa shape index (κ1) is 32.6. The van der Waals surface area contributed by atoms with Crippen molar-refractivity contribution >= 4 is 11.9 Å². The van der Waals surface area contributed by atoms with E-state index in [-0.39, 0.29) is 37.8 Å². The van der Waals surface area contributed by atoms with Crippen LogP contribution in [0.3, 0.4) is 0 Å². The number of benzene rings is 1. The summed E-state index contributed by atoms with van der Waals surface area (Å²) >= 11 is 0. The van der Waals surface area contributed by atoms with Crippen molar-refractivity contribution in [3.05, 3.63) is 48.2 Å². The fraction of sp³-hybridized carbons (Fsp3) is 0.667. The van der Waals surface area contributed by atoms with Crippen molar-refractivity contribution in [2.24, 2.45) is 16.7 Å². The van der Waals surface area contributed by atoms with Crippen molar-refractivity contribution in [2.75, 3.05) is 46.1 Å². The molecule has 1 aromatic rings. The Morgan fingerprint density at radius 3 is 2.16 bits per heavy atom. The van der Waals surface area contributed by atoms with Gasteiger partial charge in [-0.1, -0.05) is 59.4 Å². The maximum Gasteiger partial charge on any atom is 0.338 e. The minimum Gasteiger partial charge on any atom is -0.498 e. The molecule has 0 heterocycles. The highest BCUT2D eigenvalue weighted by Gasteiger charge is 2.31. The fourth-order valence-corrected chi connectivity index (χ4v) is 3.65. The second kappa shape index (κ2) is 16.5. The average Bonchev–Trinajstić information content (AvgIpc) is 2.83. The van der Waals surface area contributed by atoms with Crippen LogP contribution < -0.4 is 0 Å². The lowest BCUT2D eigenvalue weighted by atomic mass is 9.92. The molecular formula is C30H49NO6. The fourth-order valence-electron chi connectivity index (χ4n) is 3.65. The number of ether oxygens (including phenoxy) is 3. The molecule has 7 nitrogen and oxygen atoms in total. The Hall–Kier alpha value is -2.38. The van der Waals surface area contributed by atoms with Crippen LogP contribution in [-0.4, -0.2) is 68.0 Å². The summed E-state index contributed by atoms with van der Waals surface area (Å²) in [6.07, 6.45) is 2.69. The van der Waals surface area contributed by atoms with E-state index in [1.54, 1.807) is 24.3 Å². The van der Waals surface area contributed by atoms with Crippen LogP contribution in [0, 0.1) is 16.7 Å². The monoisotopic (exact) mass is 519 g/mol. The quantitative estimate of drug-likeness (QED) is 0.156. The summed E-state index contributed by atoms with van der Waals surface area (Å²) in [4.78, 5) is 27.3. The molecule has 0 radical (unpaired) electrons. The Balaban J connectivity index is 2.73. The molecule has 1 unspecified atom stereocenters. The molecule has 0 aliphatic rings. The summed E-state index contributed by atoms with van der Waals surface area (Å²) in [6.45, 7) is 19.5. The highest BCUT2D eigenvalue weighted by Crippen LogP contribution is 2.24. The minimum absolute atomic E-state index is 0.0391. The van der Waals surface area contributed by atoms with Crippen LogP contribution in [-0.2, 0) is 19.0 Å². The summed E-state index contributed by atoms with van der Waals surface area (Å²) in [5.74, 6) is 0.448. The van der Waals surface area contributed by atoms with Crippen LogP contribution in [0.4, 0.5) is 0 Å². The lowest BCUT2D eigenvalue weighted by molar-refractivity contribution is -0.151. The number of esters is 2. The number of rotatable bonds is 18. The lowest BCUT2D eigenvalue weighted by Crippen LogP contribution is -2.36. The summed E-state index contributed by atoms with van der Waals surface area (Å²) in [5, 5.41) is 9.09. The maximum absolute atomic E-state index is 12.5. The van der Waals surface area contributed by atoms with Gasteiger partial charge in [-0.25, -0.2) is 4.79 Å². The molecular weight excluding hydrogens is 470 g/mol. The first-order valence-electron chi connectivity index (χ1n) is 13.4. The van der Waals surface area contributed by atoms with Gasteiger partial charge >= 0.3 is 11.9 Å². The summed E-state index contributed by atoms with van der Waals surface area (Å²) in [6, 6.07) is 8.80. The Morgan fingerprint density at radius 2 is 1.57 bits per heavy atom. The molecule has 1 N–H and O–H groups in total. The van der Waals surface area contributed by atoms with Gasteiger partial charge in [0.15, 0.2) is 0 Å². The van der Waals surface area contributed by atoms with Gasteiger partial charge in [-0.15, -0.1) is 0 Å². The topological polar surface area (TPSA) is 85.3 Å². The Morgan fingerprint density at radius 1 is 0.946 bits per heavy atom. The molecule has 210 valence electrons. The van der Waals surface area contributed by atoms with Gasteiger partial charge in [-0.2, -0.15) is 0 Å². The van der Waals surface area contributed by atoms with Gasteiger partial charge in [0.1, 0.15) is 13.2 Å². The molecule has 0 fully saturated rings. The first-order valence-corrected chi connectivity index (χ1v) is 13.4. The number of unbranched alkanes of at least 4 members (excludes halogenated alkanes) is 1. The predicted molar refractivity (Wildman–Crippen MR) is 147 cm³/mol. The van der Waals surface area contributed by atoms with Gasteiger partial charge in [0.25, 0.3) is 0 Å². The summed E-state index contributed by atoms with van der Waals surface area (Å²) in [7, 11) is 0. The lowest BCUT2D eigenvalue weighted by Gasteiger charge is -2.30. The number of hydrogen-bond donors (Lipinski definition) is 1. The number of carbonyl (C=O) groups is 2. The second-order valence-corrected chi connectivity index (χ2v) is 11.9. The number of hydrogen-bond acceptors (Lipinski definition) is 7. The van der Waals surface area contributed by atoms with E-state index in [2.05, 4.69) is 25.3 Å². The third-order valence-corrected chi connectivity index (χ3v) is 5.65. The van der Waals surface area contributed by atoms with Gasteiger partial charge in [0, 0.05) is 26.1 Å². The summed E-state index contributed by atoms with van der Waals surface area (Å²) < 4.78 is 17.2. The standard InChI is InChI=1S/C30H49NO6/c1-24(2)20-31(16-11-12-18-32)17-15-25(3)35-21-30(7,22-36-27(33)19-29(4,5)6)23-37-28(34)26-13-9-8-10-14-26/h8-10,13-14,24,32H,3,11-12,15-23H2,1-2,4-7H3. The van der Waals surface area contributed by atoms with Crippen LogP contribution in [0.5, 0.6) is 0 Å². The minimum atomic E-state index is -0.736. The van der Waals surface area contributed by atoms with Crippen molar-refractivity contribution in [3.63, 3.8) is 0 Å². The zero-order valence-electron chi connectivity index (χ0n) is 23.9. The largest absolute Gasteiger partial charge is 0.498 e. The normalized spacial score (nSPS) is 13.3.